The lowest BCUT2D eigenvalue weighted by Gasteiger charge is -2.17. The fraction of sp³-hybridized carbons (Fsp3) is 0.857. The number of rotatable bonds is 6. The van der Waals surface area contributed by atoms with Crippen LogP contribution in [0.15, 0.2) is 6.20 Å². The molecule has 0 aliphatic heterocycles. The van der Waals surface area contributed by atoms with Gasteiger partial charge in [-0.2, -0.15) is 0 Å². The molecule has 0 amide bonds. The van der Waals surface area contributed by atoms with Gasteiger partial charge in [-0.05, 0) is 33.6 Å². The van der Waals surface area contributed by atoms with E-state index in [9.17, 15) is 0 Å². The summed E-state index contributed by atoms with van der Waals surface area (Å²) < 4.78 is 7.70. The molecule has 0 unspecified atom stereocenters. The molecule has 0 saturated heterocycles. The second-order valence-corrected chi connectivity index (χ2v) is 6.28. The predicted molar refractivity (Wildman–Crippen MR) is 74.9 cm³/mol. The van der Waals surface area contributed by atoms with Crippen LogP contribution in [0.4, 0.5) is 0 Å². The van der Waals surface area contributed by atoms with Gasteiger partial charge in [0, 0.05) is 13.1 Å². The van der Waals surface area contributed by atoms with Crippen molar-refractivity contribution in [3.63, 3.8) is 0 Å². The summed E-state index contributed by atoms with van der Waals surface area (Å²) in [6, 6.07) is 0. The summed E-state index contributed by atoms with van der Waals surface area (Å²) in [5.74, 6) is 0. The van der Waals surface area contributed by atoms with Gasteiger partial charge >= 0.3 is 0 Å². The molecule has 0 atom stereocenters. The molecule has 1 aromatic rings. The van der Waals surface area contributed by atoms with E-state index in [0.29, 0.717) is 6.10 Å². The smallest absolute Gasteiger partial charge is 0.0965 e. The zero-order valence-electron chi connectivity index (χ0n) is 12.4. The summed E-state index contributed by atoms with van der Waals surface area (Å²) >= 11 is 0. The highest BCUT2D eigenvalue weighted by atomic mass is 16.5. The van der Waals surface area contributed by atoms with Gasteiger partial charge in [0.15, 0.2) is 0 Å². The maximum absolute atomic E-state index is 5.80. The van der Waals surface area contributed by atoms with Crippen LogP contribution in [-0.2, 0) is 16.8 Å². The molecule has 1 aliphatic carbocycles. The summed E-state index contributed by atoms with van der Waals surface area (Å²) in [7, 11) is 0. The molecule has 108 valence electrons. The Morgan fingerprint density at radius 2 is 2.11 bits per heavy atom. The standard InChI is InChI=1S/C14H26N4O/c1-14(2,3)18-11-12(16-17-18)10-15-8-9-19-13-6-4-5-7-13/h11,13,15H,4-10H2,1-3H3. The molecule has 0 radical (unpaired) electrons. The molecule has 1 aliphatic rings. The number of hydrogen-bond donors (Lipinski definition) is 1. The van der Waals surface area contributed by atoms with Gasteiger partial charge in [0.1, 0.15) is 0 Å². The number of hydrogen-bond acceptors (Lipinski definition) is 4. The van der Waals surface area contributed by atoms with E-state index in [1.807, 2.05) is 10.9 Å². The van der Waals surface area contributed by atoms with Gasteiger partial charge in [-0.3, -0.25) is 0 Å². The molecule has 1 aromatic heterocycles. The minimum Gasteiger partial charge on any atom is -0.377 e. The highest BCUT2D eigenvalue weighted by Crippen LogP contribution is 2.20. The van der Waals surface area contributed by atoms with Crippen LogP contribution in [0.3, 0.4) is 0 Å². The maximum atomic E-state index is 5.80. The number of nitrogens with one attached hydrogen (secondary N) is 1. The fourth-order valence-electron chi connectivity index (χ4n) is 2.28. The van der Waals surface area contributed by atoms with Crippen molar-refractivity contribution in [1.29, 1.82) is 0 Å². The average Bonchev–Trinajstić information content (AvgIpc) is 2.97. The molecular weight excluding hydrogens is 240 g/mol. The summed E-state index contributed by atoms with van der Waals surface area (Å²) in [6.45, 7) is 8.78. The number of aromatic nitrogens is 3. The molecular formula is C14H26N4O. The predicted octanol–water partition coefficient (Wildman–Crippen LogP) is 2.08. The van der Waals surface area contributed by atoms with Gasteiger partial charge in [0.2, 0.25) is 0 Å². The maximum Gasteiger partial charge on any atom is 0.0965 e. The van der Waals surface area contributed by atoms with E-state index in [2.05, 4.69) is 36.4 Å². The first-order chi connectivity index (χ1) is 9.05. The van der Waals surface area contributed by atoms with Crippen LogP contribution >= 0.6 is 0 Å². The molecule has 1 N–H and O–H groups in total. The highest BCUT2D eigenvalue weighted by Gasteiger charge is 2.15. The Hall–Kier alpha value is -0.940. The van der Waals surface area contributed by atoms with Crippen molar-refractivity contribution < 1.29 is 4.74 Å². The minimum atomic E-state index is -0.00314. The van der Waals surface area contributed by atoms with Gasteiger partial charge in [-0.25, -0.2) is 4.68 Å². The molecule has 0 spiro atoms. The van der Waals surface area contributed by atoms with E-state index in [1.54, 1.807) is 0 Å². The first kappa shape index (κ1) is 14.5. The third-order valence-electron chi connectivity index (χ3n) is 3.47. The molecule has 5 heteroatoms. The van der Waals surface area contributed by atoms with Crippen LogP contribution in [-0.4, -0.2) is 34.2 Å². The van der Waals surface area contributed by atoms with E-state index in [0.717, 1.165) is 25.4 Å². The van der Waals surface area contributed by atoms with E-state index in [4.69, 9.17) is 4.74 Å². The number of ether oxygens (including phenoxy) is 1. The van der Waals surface area contributed by atoms with E-state index in [1.165, 1.54) is 25.7 Å². The van der Waals surface area contributed by atoms with Crippen molar-refractivity contribution in [2.45, 2.75) is 64.6 Å². The zero-order valence-corrected chi connectivity index (χ0v) is 12.4. The van der Waals surface area contributed by atoms with Gasteiger partial charge in [-0.15, -0.1) is 5.10 Å². The lowest BCUT2D eigenvalue weighted by atomic mass is 10.1. The van der Waals surface area contributed by atoms with Gasteiger partial charge in [-0.1, -0.05) is 18.1 Å². The normalized spacial score (nSPS) is 17.2. The van der Waals surface area contributed by atoms with Crippen molar-refractivity contribution in [2.24, 2.45) is 0 Å². The Labute approximate surface area is 115 Å². The van der Waals surface area contributed by atoms with Crippen molar-refractivity contribution in [1.82, 2.24) is 20.3 Å². The van der Waals surface area contributed by atoms with Crippen LogP contribution in [0.5, 0.6) is 0 Å². The summed E-state index contributed by atoms with van der Waals surface area (Å²) in [5.41, 5.74) is 0.979. The van der Waals surface area contributed by atoms with Gasteiger partial charge < -0.3 is 10.1 Å². The Bertz CT molecular complexity index is 377. The van der Waals surface area contributed by atoms with E-state index < -0.39 is 0 Å². The monoisotopic (exact) mass is 266 g/mol. The Morgan fingerprint density at radius 1 is 1.37 bits per heavy atom. The van der Waals surface area contributed by atoms with Crippen molar-refractivity contribution >= 4 is 0 Å². The first-order valence-electron chi connectivity index (χ1n) is 7.30. The molecule has 1 saturated carbocycles. The fourth-order valence-corrected chi connectivity index (χ4v) is 2.28. The SMILES string of the molecule is CC(C)(C)n1cc(CNCCOC2CCCC2)nn1. The molecule has 1 heterocycles. The second-order valence-electron chi connectivity index (χ2n) is 6.28. The molecule has 1 fully saturated rings. The Kier molecular flexibility index (Phi) is 4.93. The molecule has 0 bridgehead atoms. The average molecular weight is 266 g/mol. The molecule has 2 rings (SSSR count). The Balaban J connectivity index is 1.61. The highest BCUT2D eigenvalue weighted by molar-refractivity contribution is 4.93. The zero-order chi connectivity index (χ0) is 13.7. The summed E-state index contributed by atoms with van der Waals surface area (Å²) in [6.07, 6.45) is 7.63. The van der Waals surface area contributed by atoms with Gasteiger partial charge in [0.05, 0.1) is 30.1 Å². The lowest BCUT2D eigenvalue weighted by Crippen LogP contribution is -2.23. The third kappa shape index (κ3) is 4.58. The van der Waals surface area contributed by atoms with E-state index >= 15 is 0 Å². The first-order valence-corrected chi connectivity index (χ1v) is 7.30. The quantitative estimate of drug-likeness (QED) is 0.801. The van der Waals surface area contributed by atoms with Crippen LogP contribution in [0.25, 0.3) is 0 Å². The van der Waals surface area contributed by atoms with Crippen LogP contribution in [0, 0.1) is 0 Å². The minimum absolute atomic E-state index is 0.00314. The van der Waals surface area contributed by atoms with Crippen LogP contribution < -0.4 is 5.32 Å². The molecule has 0 aromatic carbocycles. The Morgan fingerprint density at radius 3 is 2.74 bits per heavy atom. The van der Waals surface area contributed by atoms with E-state index in [-0.39, 0.29) is 5.54 Å². The number of nitrogens with zero attached hydrogens (tertiary/aromatic N) is 3. The second kappa shape index (κ2) is 6.48. The topological polar surface area (TPSA) is 52.0 Å². The lowest BCUT2D eigenvalue weighted by molar-refractivity contribution is 0.0602. The third-order valence-corrected chi connectivity index (χ3v) is 3.47. The van der Waals surface area contributed by atoms with Gasteiger partial charge in [0.25, 0.3) is 0 Å². The van der Waals surface area contributed by atoms with Crippen LogP contribution in [0.1, 0.15) is 52.1 Å². The summed E-state index contributed by atoms with van der Waals surface area (Å²) in [4.78, 5) is 0. The van der Waals surface area contributed by atoms with Crippen LogP contribution in [0.2, 0.25) is 0 Å². The van der Waals surface area contributed by atoms with Crippen molar-refractivity contribution in [3.8, 4) is 0 Å². The largest absolute Gasteiger partial charge is 0.377 e. The summed E-state index contributed by atoms with van der Waals surface area (Å²) in [5, 5.41) is 11.7. The molecule has 19 heavy (non-hydrogen) atoms. The van der Waals surface area contributed by atoms with Crippen molar-refractivity contribution in [3.05, 3.63) is 11.9 Å². The molecule has 5 nitrogen and oxygen atoms in total. The van der Waals surface area contributed by atoms with Crippen molar-refractivity contribution in [2.75, 3.05) is 13.2 Å².